The summed E-state index contributed by atoms with van der Waals surface area (Å²) in [6.07, 6.45) is 9.37. The van der Waals surface area contributed by atoms with E-state index < -0.39 is 17.7 Å². The summed E-state index contributed by atoms with van der Waals surface area (Å²) in [7, 11) is 0. The Morgan fingerprint density at radius 1 is 0.359 bits per heavy atom. The largest absolute Gasteiger partial charge is 0.512 e. The fourth-order valence-electron chi connectivity index (χ4n) is 9.70. The molecule has 0 atom stereocenters. The molecule has 0 aliphatic heterocycles. The van der Waals surface area contributed by atoms with E-state index in [0.29, 0.717) is 16.8 Å². The topological polar surface area (TPSA) is 239 Å². The zero-order chi connectivity index (χ0) is 81.1. The summed E-state index contributed by atoms with van der Waals surface area (Å²) >= 11 is 0. The zero-order valence-corrected chi connectivity index (χ0v) is 76.4. The van der Waals surface area contributed by atoms with Gasteiger partial charge in [0.1, 0.15) is 5.69 Å². The summed E-state index contributed by atoms with van der Waals surface area (Å²) in [6, 6.07) is 99.7. The van der Waals surface area contributed by atoms with Crippen molar-refractivity contribution in [2.24, 2.45) is 0 Å². The second-order valence-electron chi connectivity index (χ2n) is 24.0. The predicted molar refractivity (Wildman–Crippen MR) is 436 cm³/mol. The molecule has 0 saturated heterocycles. The van der Waals surface area contributed by atoms with Crippen LogP contribution < -0.4 is 0 Å². The molecule has 0 bridgehead atoms. The minimum Gasteiger partial charge on any atom is -0.512 e. The number of hydrogen-bond acceptors (Lipinski definition) is 14. The fourth-order valence-corrected chi connectivity index (χ4v) is 9.70. The molecule has 117 heavy (non-hydrogen) atoms. The van der Waals surface area contributed by atoms with Gasteiger partial charge in [0.05, 0.1) is 28.7 Å². The number of carbonyl (C=O) groups is 4. The van der Waals surface area contributed by atoms with Gasteiger partial charge in [-0.25, -0.2) is 9.78 Å². The summed E-state index contributed by atoms with van der Waals surface area (Å²) in [6.45, 7) is 12.2. The Morgan fingerprint density at radius 3 is 1.17 bits per heavy atom. The number of nitrogens with zero attached hydrogens (tertiary/aromatic N) is 7. The number of pyridine rings is 5. The van der Waals surface area contributed by atoms with Crippen molar-refractivity contribution in [3.8, 4) is 78.8 Å². The molecule has 0 saturated carbocycles. The smallest absolute Gasteiger partial charge is 0.399 e. The molecular weight excluding hydrogens is 2370 g/mol. The monoisotopic (exact) mass is 2460 g/mol. The van der Waals surface area contributed by atoms with Crippen molar-refractivity contribution in [1.29, 1.82) is 0 Å². The second-order valence-corrected chi connectivity index (χ2v) is 24.0. The summed E-state index contributed by atoms with van der Waals surface area (Å²) in [4.78, 5) is 70.3. The fraction of sp³-hybridized carbons (Fsp3) is 0.0957. The van der Waals surface area contributed by atoms with Crippen molar-refractivity contribution in [2.75, 3.05) is 0 Å². The van der Waals surface area contributed by atoms with Gasteiger partial charge in [-0.3, -0.25) is 19.4 Å². The van der Waals surface area contributed by atoms with E-state index in [2.05, 4.69) is 92.5 Å². The predicted octanol–water partition coefficient (Wildman–Crippen LogP) is 22.1. The molecular formula is C94H81F3Ir5N7O8-5. The van der Waals surface area contributed by atoms with Crippen LogP contribution in [0.1, 0.15) is 68.7 Å². The first-order valence-corrected chi connectivity index (χ1v) is 34.7. The van der Waals surface area contributed by atoms with Gasteiger partial charge in [-0.1, -0.05) is 141 Å². The Hall–Kier alpha value is -11.0. The number of alkyl halides is 3. The third kappa shape index (κ3) is 39.9. The van der Waals surface area contributed by atoms with Crippen molar-refractivity contribution < 1.29 is 153 Å². The van der Waals surface area contributed by atoms with E-state index in [0.717, 1.165) is 73.6 Å². The molecule has 0 fully saturated rings. The van der Waals surface area contributed by atoms with E-state index in [4.69, 9.17) is 30.4 Å². The number of hydrogen-bond donors (Lipinski definition) is 4. The average Bonchev–Trinajstić information content (AvgIpc) is 0.817. The third-order valence-electron chi connectivity index (χ3n) is 14.4. The van der Waals surface area contributed by atoms with Crippen LogP contribution in [0.3, 0.4) is 0 Å². The van der Waals surface area contributed by atoms with Crippen LogP contribution in [0.5, 0.6) is 0 Å². The number of halogens is 3. The maximum atomic E-state index is 12.6. The van der Waals surface area contributed by atoms with Gasteiger partial charge in [0.15, 0.2) is 17.3 Å². The average molecular weight is 2450 g/mol. The summed E-state index contributed by atoms with van der Waals surface area (Å²) in [5.41, 5.74) is 13.6. The van der Waals surface area contributed by atoms with Gasteiger partial charge in [0.25, 0.3) is 0 Å². The van der Waals surface area contributed by atoms with E-state index in [1.807, 2.05) is 200 Å². The van der Waals surface area contributed by atoms with Crippen LogP contribution in [0.25, 0.3) is 89.6 Å². The van der Waals surface area contributed by atoms with Gasteiger partial charge in [0.2, 0.25) is 0 Å². The van der Waals surface area contributed by atoms with Crippen molar-refractivity contribution in [1.82, 2.24) is 34.9 Å². The van der Waals surface area contributed by atoms with Crippen molar-refractivity contribution in [3.63, 3.8) is 0 Å². The number of fused-ring (bicyclic) bond motifs is 1. The first kappa shape index (κ1) is 104. The van der Waals surface area contributed by atoms with E-state index in [1.165, 1.54) is 88.4 Å². The first-order valence-electron chi connectivity index (χ1n) is 34.7. The molecule has 0 aliphatic carbocycles. The van der Waals surface area contributed by atoms with Gasteiger partial charge in [-0.15, -0.1) is 172 Å². The number of carboxylic acid groups (broad SMARTS) is 1. The molecule has 0 aliphatic rings. The second kappa shape index (κ2) is 57.1. The van der Waals surface area contributed by atoms with Gasteiger partial charge < -0.3 is 45.3 Å². The number of carbonyl (C=O) groups excluding carboxylic acids is 3. The van der Waals surface area contributed by atoms with Crippen LogP contribution in [0.15, 0.2) is 340 Å². The number of aryl methyl sites for hydroxylation is 2. The molecule has 14 rings (SSSR count). The van der Waals surface area contributed by atoms with Crippen LogP contribution in [0.2, 0.25) is 0 Å². The zero-order valence-electron chi connectivity index (χ0n) is 64.5. The molecule has 6 heterocycles. The van der Waals surface area contributed by atoms with E-state index in [1.54, 1.807) is 61.9 Å². The Bertz CT molecular complexity index is 5180. The number of benzene rings is 8. The summed E-state index contributed by atoms with van der Waals surface area (Å²) in [5, 5.41) is 35.8. The quantitative estimate of drug-likeness (QED) is 0.0535. The summed E-state index contributed by atoms with van der Waals surface area (Å²) < 4.78 is 37.8. The number of aliphatic hydroxyl groups excluding tert-OH is 3. The van der Waals surface area contributed by atoms with Crippen LogP contribution in [0, 0.1) is 44.2 Å². The molecule has 4 N–H and O–H groups in total. The standard InChI is InChI=1S/C22H15N2.C15H10N.C13H9F3N.C12H10N.C11H8N.C6H5NO2.3C5H8O2.5Ir/c1-4-10-17(11-5-1)20-16-23-21(18-12-6-2-7-13-18)22(24-20)19-14-8-3-9-15-19;1-2-7-13(8-3-1)15-14-9-5-4-6-12(14)10-11-16-15;1-9-6-10(12-4-2-3-5-17-12)8-11(7-9)13(14,15)16;1-10-5-7-11(8-6-10)12-4-2-3-9-13-12;1-2-6-10(7-3-1)11-8-4-5-9-12-11;8-6(9)5-3-1-2-4-7-5;3*1-4(6)3-5(2)7;;;;;/h1-12,14-16H;1-7,9-11H;2-7H,1H3;2-7,9H,1H3;1-6,8-9H;1-4H,(H,8,9);3*3,6H,1-2H3;;;;;/q5*-1;;;;;;;;;. The number of allylic oxidation sites excluding steroid dienone is 6. The molecule has 8 aromatic carbocycles. The molecule has 6 aromatic heterocycles. The molecule has 0 spiro atoms. The minimum atomic E-state index is -4.38. The number of aromatic carboxylic acids is 1. The number of carboxylic acids is 1. The van der Waals surface area contributed by atoms with Gasteiger partial charge in [-0.05, 0) is 123 Å². The third-order valence-corrected chi connectivity index (χ3v) is 14.4. The van der Waals surface area contributed by atoms with Crippen molar-refractivity contribution in [2.45, 2.75) is 61.6 Å². The molecule has 0 amide bonds. The Labute approximate surface area is 748 Å². The van der Waals surface area contributed by atoms with Gasteiger partial charge in [-0.2, -0.15) is 13.2 Å². The molecule has 14 aromatic rings. The van der Waals surface area contributed by atoms with Crippen LogP contribution in [-0.4, -0.2) is 78.6 Å². The molecule has 0 unspecified atom stereocenters. The number of aliphatic hydroxyl groups is 3. The van der Waals surface area contributed by atoms with Gasteiger partial charge in [0, 0.05) is 167 Å². The maximum absolute atomic E-state index is 12.6. The van der Waals surface area contributed by atoms with E-state index >= 15 is 0 Å². The molecule has 15 nitrogen and oxygen atoms in total. The first-order chi connectivity index (χ1) is 53.8. The molecule has 23 heteroatoms. The van der Waals surface area contributed by atoms with E-state index in [-0.39, 0.29) is 141 Å². The van der Waals surface area contributed by atoms with Crippen LogP contribution >= 0.6 is 0 Å². The minimum absolute atomic E-state index is 0. The number of aromatic nitrogens is 7. The maximum Gasteiger partial charge on any atom is 0.399 e. The molecule has 611 valence electrons. The van der Waals surface area contributed by atoms with Crippen LogP contribution in [0.4, 0.5) is 13.2 Å². The molecule has 5 radical (unpaired) electrons. The SMILES string of the molecule is CC(=O)C=C(C)O.CC(=O)C=C(C)O.CC(=O)C=C(C)O.Cc1c[c-]c(-c2ccccn2)cc1.Cc1cc(-c2ccccn2)[c-]c(C(F)(F)F)c1.O=C(O)c1ccccn1.[Ir].[Ir].[Ir].[Ir].[Ir].[c-]1ccccc1-c1ccccn1.[c-]1ccccc1-c1ncc(-c2ccccc2)nc1-c1ccccc1.[c-]1ccccc1-c1nccc2ccccc12. The van der Waals surface area contributed by atoms with Gasteiger partial charge >= 0.3 is 12.1 Å². The van der Waals surface area contributed by atoms with Crippen molar-refractivity contribution >= 4 is 34.1 Å². The Kier molecular flexibility index (Phi) is 50.8. The number of rotatable bonds is 11. The van der Waals surface area contributed by atoms with E-state index in [9.17, 15) is 32.3 Å². The van der Waals surface area contributed by atoms with Crippen molar-refractivity contribution in [3.05, 3.63) is 392 Å². The van der Waals surface area contributed by atoms with Crippen LogP contribution in [-0.2, 0) is 121 Å². The normalized spacial score (nSPS) is 10.1. The Morgan fingerprint density at radius 2 is 0.778 bits per heavy atom. The Balaban J connectivity index is 0.000000675. The number of ketones is 3. The summed E-state index contributed by atoms with van der Waals surface area (Å²) in [5.74, 6) is -1.18.